The molecule has 0 radical (unpaired) electrons. The van der Waals surface area contributed by atoms with E-state index in [9.17, 15) is 30.3 Å². The zero-order valence-electron chi connectivity index (χ0n) is 12.5. The Morgan fingerprint density at radius 3 is 1.67 bits per heavy atom. The standard InChI is InChI=1S/C12H25NO6S2/c1-5(14)7(13-6(2)15)8(16)9(17)10(18)11(19)12(20-3)21-4/h5,7-12,14,16-19H,1-4H3,(H,13,15)/t5-,7-,8-,9+,10+,11-/m1/s1. The first-order chi connectivity index (χ1) is 9.67. The third-order valence-corrected chi connectivity index (χ3v) is 5.69. The van der Waals surface area contributed by atoms with Crippen LogP contribution in [-0.4, -0.2) is 85.1 Å². The van der Waals surface area contributed by atoms with Gasteiger partial charge in [0.25, 0.3) is 0 Å². The molecule has 6 atom stereocenters. The van der Waals surface area contributed by atoms with E-state index >= 15 is 0 Å². The molecule has 1 amide bonds. The molecular weight excluding hydrogens is 318 g/mol. The third-order valence-electron chi connectivity index (χ3n) is 3.05. The van der Waals surface area contributed by atoms with Crippen LogP contribution in [0.15, 0.2) is 0 Å². The maximum absolute atomic E-state index is 11.1. The summed E-state index contributed by atoms with van der Waals surface area (Å²) in [6.07, 6.45) is -3.87. The van der Waals surface area contributed by atoms with Crippen molar-refractivity contribution in [2.45, 2.75) is 55.0 Å². The Balaban J connectivity index is 4.93. The predicted octanol–water partition coefficient (Wildman–Crippen LogP) is -1.63. The van der Waals surface area contributed by atoms with Gasteiger partial charge in [-0.15, -0.1) is 23.5 Å². The van der Waals surface area contributed by atoms with Crippen LogP contribution < -0.4 is 5.32 Å². The van der Waals surface area contributed by atoms with Crippen molar-refractivity contribution in [3.63, 3.8) is 0 Å². The first-order valence-electron chi connectivity index (χ1n) is 6.40. The van der Waals surface area contributed by atoms with E-state index in [1.807, 2.05) is 0 Å². The molecule has 126 valence electrons. The molecule has 0 heterocycles. The molecular formula is C12H25NO6S2. The van der Waals surface area contributed by atoms with E-state index in [4.69, 9.17) is 0 Å². The summed E-state index contributed by atoms with van der Waals surface area (Å²) in [7, 11) is 0. The van der Waals surface area contributed by atoms with E-state index in [2.05, 4.69) is 5.32 Å². The second kappa shape index (κ2) is 9.88. The van der Waals surface area contributed by atoms with Gasteiger partial charge in [0, 0.05) is 6.92 Å². The minimum atomic E-state index is -1.71. The van der Waals surface area contributed by atoms with Gasteiger partial charge < -0.3 is 30.8 Å². The monoisotopic (exact) mass is 343 g/mol. The second-order valence-electron chi connectivity index (χ2n) is 4.77. The molecule has 0 aromatic heterocycles. The zero-order valence-corrected chi connectivity index (χ0v) is 14.1. The Kier molecular flexibility index (Phi) is 9.87. The number of hydrogen-bond donors (Lipinski definition) is 6. The number of thioether (sulfide) groups is 2. The van der Waals surface area contributed by atoms with Gasteiger partial charge in [0.15, 0.2) is 0 Å². The third kappa shape index (κ3) is 6.31. The minimum Gasteiger partial charge on any atom is -0.391 e. The molecule has 0 rings (SSSR count). The predicted molar refractivity (Wildman–Crippen MR) is 84.1 cm³/mol. The highest BCUT2D eigenvalue weighted by molar-refractivity contribution is 8.16. The van der Waals surface area contributed by atoms with Crippen LogP contribution >= 0.6 is 23.5 Å². The van der Waals surface area contributed by atoms with Crippen molar-refractivity contribution in [1.29, 1.82) is 0 Å². The maximum atomic E-state index is 11.1. The number of amides is 1. The van der Waals surface area contributed by atoms with Gasteiger partial charge in [-0.1, -0.05) is 0 Å². The molecule has 7 nitrogen and oxygen atoms in total. The molecule has 0 spiro atoms. The van der Waals surface area contributed by atoms with Crippen LogP contribution in [-0.2, 0) is 4.79 Å². The highest BCUT2D eigenvalue weighted by Gasteiger charge is 2.39. The average molecular weight is 343 g/mol. The number of hydrogen-bond acceptors (Lipinski definition) is 8. The van der Waals surface area contributed by atoms with Crippen LogP contribution in [0.2, 0.25) is 0 Å². The Bertz CT molecular complexity index is 316. The zero-order chi connectivity index (χ0) is 16.7. The summed E-state index contributed by atoms with van der Waals surface area (Å²) in [6.45, 7) is 2.54. The van der Waals surface area contributed by atoms with Crippen molar-refractivity contribution < 1.29 is 30.3 Å². The number of carbonyl (C=O) groups excluding carboxylic acids is 1. The van der Waals surface area contributed by atoms with Crippen LogP contribution in [0.3, 0.4) is 0 Å². The summed E-state index contributed by atoms with van der Waals surface area (Å²) >= 11 is 2.60. The van der Waals surface area contributed by atoms with Gasteiger partial charge in [-0.05, 0) is 19.4 Å². The van der Waals surface area contributed by atoms with Crippen molar-refractivity contribution in [1.82, 2.24) is 5.32 Å². The number of carbonyl (C=O) groups is 1. The van der Waals surface area contributed by atoms with Gasteiger partial charge in [0.2, 0.25) is 5.91 Å². The first-order valence-corrected chi connectivity index (χ1v) is 8.97. The smallest absolute Gasteiger partial charge is 0.217 e. The summed E-state index contributed by atoms with van der Waals surface area (Å²) in [4.78, 5) is 11.1. The minimum absolute atomic E-state index is 0.382. The first kappa shape index (κ1) is 21.0. The van der Waals surface area contributed by atoms with E-state index in [-0.39, 0.29) is 4.58 Å². The molecule has 0 unspecified atom stereocenters. The quantitative estimate of drug-likeness (QED) is 0.275. The lowest BCUT2D eigenvalue weighted by Gasteiger charge is -2.34. The Morgan fingerprint density at radius 2 is 1.33 bits per heavy atom. The molecule has 0 aliphatic carbocycles. The molecule has 0 saturated heterocycles. The number of aliphatic hydroxyl groups is 5. The van der Waals surface area contributed by atoms with Crippen molar-refractivity contribution in [3.05, 3.63) is 0 Å². The van der Waals surface area contributed by atoms with Gasteiger partial charge in [-0.2, -0.15) is 0 Å². The van der Waals surface area contributed by atoms with E-state index in [0.29, 0.717) is 0 Å². The van der Waals surface area contributed by atoms with Crippen LogP contribution in [0.1, 0.15) is 13.8 Å². The highest BCUT2D eigenvalue weighted by atomic mass is 32.2. The van der Waals surface area contributed by atoms with Gasteiger partial charge >= 0.3 is 0 Å². The number of rotatable bonds is 9. The van der Waals surface area contributed by atoms with Crippen LogP contribution in [0.5, 0.6) is 0 Å². The highest BCUT2D eigenvalue weighted by Crippen LogP contribution is 2.26. The lowest BCUT2D eigenvalue weighted by atomic mass is 9.95. The molecule has 0 aromatic rings. The van der Waals surface area contributed by atoms with Gasteiger partial charge in [0.05, 0.1) is 16.7 Å². The van der Waals surface area contributed by atoms with Crippen molar-refractivity contribution >= 4 is 29.4 Å². The lowest BCUT2D eigenvalue weighted by molar-refractivity contribution is -0.131. The second-order valence-corrected chi connectivity index (χ2v) is 7.03. The average Bonchev–Trinajstić information content (AvgIpc) is 2.43. The van der Waals surface area contributed by atoms with Crippen molar-refractivity contribution in [2.24, 2.45) is 0 Å². The fourth-order valence-electron chi connectivity index (χ4n) is 1.88. The molecule has 0 aromatic carbocycles. The van der Waals surface area contributed by atoms with Crippen LogP contribution in [0.4, 0.5) is 0 Å². The topological polar surface area (TPSA) is 130 Å². The molecule has 0 aliphatic rings. The van der Waals surface area contributed by atoms with E-state index in [1.54, 1.807) is 12.5 Å². The molecule has 6 N–H and O–H groups in total. The number of nitrogens with one attached hydrogen (secondary N) is 1. The van der Waals surface area contributed by atoms with E-state index in [1.165, 1.54) is 37.4 Å². The maximum Gasteiger partial charge on any atom is 0.217 e. The van der Waals surface area contributed by atoms with Gasteiger partial charge in [-0.3, -0.25) is 4.79 Å². The molecule has 0 aliphatic heterocycles. The van der Waals surface area contributed by atoms with Gasteiger partial charge in [-0.25, -0.2) is 0 Å². The van der Waals surface area contributed by atoms with E-state index < -0.39 is 42.5 Å². The SMILES string of the molecule is CSC(SC)[C@H](O)[C@@H](O)[C@@H](O)[C@H](O)[C@H](NC(C)=O)[C@@H](C)O. The Labute approximate surface area is 133 Å². The molecule has 0 fully saturated rings. The van der Waals surface area contributed by atoms with Gasteiger partial charge in [0.1, 0.15) is 24.4 Å². The summed E-state index contributed by atoms with van der Waals surface area (Å²) in [5, 5.41) is 51.9. The largest absolute Gasteiger partial charge is 0.391 e. The summed E-state index contributed by atoms with van der Waals surface area (Å²) in [6, 6.07) is -1.15. The van der Waals surface area contributed by atoms with Crippen LogP contribution in [0.25, 0.3) is 0 Å². The molecule has 9 heteroatoms. The number of aliphatic hydroxyl groups excluding tert-OH is 5. The summed E-state index contributed by atoms with van der Waals surface area (Å²) < 4.78 is -0.382. The normalized spacial score (nSPS) is 20.5. The molecule has 0 saturated carbocycles. The van der Waals surface area contributed by atoms with Crippen LogP contribution in [0, 0.1) is 0 Å². The molecule has 21 heavy (non-hydrogen) atoms. The fraction of sp³-hybridized carbons (Fsp3) is 0.917. The Hall–Kier alpha value is -0.0300. The molecule has 0 bridgehead atoms. The lowest BCUT2D eigenvalue weighted by Crippen LogP contribution is -2.58. The van der Waals surface area contributed by atoms with E-state index in [0.717, 1.165) is 0 Å². The van der Waals surface area contributed by atoms with Crippen molar-refractivity contribution in [2.75, 3.05) is 12.5 Å². The van der Waals surface area contributed by atoms with Crippen molar-refractivity contribution in [3.8, 4) is 0 Å². The summed E-state index contributed by atoms with van der Waals surface area (Å²) in [5.74, 6) is -0.492. The Morgan fingerprint density at radius 1 is 0.905 bits per heavy atom. The fourth-order valence-corrected chi connectivity index (χ4v) is 3.53. The summed E-state index contributed by atoms with van der Waals surface area (Å²) in [5.41, 5.74) is 0.